The van der Waals surface area contributed by atoms with E-state index in [1.165, 1.54) is 10.8 Å². The quantitative estimate of drug-likeness (QED) is 0.284. The van der Waals surface area contributed by atoms with Gasteiger partial charge in [0, 0.05) is 5.56 Å². The number of halogens is 2. The minimum atomic E-state index is -1.79. The van der Waals surface area contributed by atoms with Crippen molar-refractivity contribution in [3.05, 3.63) is 57.0 Å². The van der Waals surface area contributed by atoms with E-state index in [1.807, 2.05) is 0 Å². The van der Waals surface area contributed by atoms with Crippen molar-refractivity contribution in [2.75, 3.05) is 0 Å². The Morgan fingerprint density at radius 3 is 1.93 bits per heavy atom. The summed E-state index contributed by atoms with van der Waals surface area (Å²) in [5.41, 5.74) is 7.39. The molecule has 0 unspecified atom stereocenters. The van der Waals surface area contributed by atoms with Gasteiger partial charge in [0.25, 0.3) is 0 Å². The van der Waals surface area contributed by atoms with Gasteiger partial charge in [0.2, 0.25) is 0 Å². The van der Waals surface area contributed by atoms with Gasteiger partial charge in [-0.2, -0.15) is 0 Å². The lowest BCUT2D eigenvalue weighted by atomic mass is 10.0. The largest absolute Gasteiger partial charge is 0.146 e. The molecule has 0 aliphatic heterocycles. The number of hydrogen-bond acceptors (Lipinski definition) is 0. The van der Waals surface area contributed by atoms with Gasteiger partial charge in [0.05, 0.1) is 8.96 Å². The highest BCUT2D eigenvalue weighted by Crippen LogP contribution is 2.40. The summed E-state index contributed by atoms with van der Waals surface area (Å²) in [6.45, 7) is 14.0. The summed E-state index contributed by atoms with van der Waals surface area (Å²) in [5.74, 6) is 10.1. The van der Waals surface area contributed by atoms with Crippen molar-refractivity contribution >= 4 is 50.7 Å². The zero-order chi connectivity index (χ0) is 20.9. The van der Waals surface area contributed by atoms with Crippen LogP contribution in [0.5, 0.6) is 0 Å². The lowest BCUT2D eigenvalue weighted by Gasteiger charge is -2.38. The molecule has 0 spiro atoms. The van der Waals surface area contributed by atoms with E-state index in [0.717, 1.165) is 14.5 Å². The fourth-order valence-corrected chi connectivity index (χ4v) is 9.80. The van der Waals surface area contributed by atoms with Crippen LogP contribution >= 0.6 is 31.9 Å². The third kappa shape index (κ3) is 5.01. The first kappa shape index (κ1) is 23.0. The Labute approximate surface area is 188 Å². The second kappa shape index (κ2) is 9.97. The molecule has 28 heavy (non-hydrogen) atoms. The Bertz CT molecular complexity index is 961. The predicted molar refractivity (Wildman–Crippen MR) is 135 cm³/mol. The fraction of sp³-hybridized carbons (Fsp3) is 0.360. The van der Waals surface area contributed by atoms with E-state index in [4.69, 9.17) is 0 Å². The summed E-state index contributed by atoms with van der Waals surface area (Å²) in [7, 11) is -1.79. The van der Waals surface area contributed by atoms with E-state index < -0.39 is 8.07 Å². The van der Waals surface area contributed by atoms with E-state index in [2.05, 4.69) is 139 Å². The molecule has 0 aliphatic carbocycles. The first-order valence-electron chi connectivity index (χ1n) is 9.78. The van der Waals surface area contributed by atoms with Crippen LogP contribution < -0.4 is 0 Å². The van der Waals surface area contributed by atoms with Crippen molar-refractivity contribution in [3.63, 3.8) is 0 Å². The molecular formula is C25H28Br2Si. The van der Waals surface area contributed by atoms with Gasteiger partial charge >= 0.3 is 0 Å². The van der Waals surface area contributed by atoms with Gasteiger partial charge in [-0.05, 0) is 65.3 Å². The second-order valence-electron chi connectivity index (χ2n) is 8.06. The Hall–Kier alpha value is -1.26. The maximum atomic E-state index is 3.75. The van der Waals surface area contributed by atoms with Gasteiger partial charge in [-0.15, -0.1) is 5.54 Å². The van der Waals surface area contributed by atoms with Crippen molar-refractivity contribution in [1.29, 1.82) is 0 Å². The number of benzene rings is 2. The molecule has 2 aromatic rings. The molecular weight excluding hydrogens is 488 g/mol. The van der Waals surface area contributed by atoms with Gasteiger partial charge in [0.1, 0.15) is 8.07 Å². The molecule has 0 amide bonds. The Morgan fingerprint density at radius 1 is 0.786 bits per heavy atom. The molecule has 0 heterocycles. The first-order valence-corrected chi connectivity index (χ1v) is 13.6. The van der Waals surface area contributed by atoms with Gasteiger partial charge in [-0.25, -0.2) is 0 Å². The standard InChI is InChI=1S/C25H28Br2Si/c1-18(2)28(19(3)4,20(5)6)17-16-23(25(26)27)15-14-22-12-9-11-21-10-7-8-13-24(21)22/h7-13,18-20H,1-6H3. The lowest BCUT2D eigenvalue weighted by molar-refractivity contribution is 0.838. The zero-order valence-electron chi connectivity index (χ0n) is 17.5. The molecule has 0 aliphatic rings. The van der Waals surface area contributed by atoms with Crippen LogP contribution in [0.1, 0.15) is 47.1 Å². The van der Waals surface area contributed by atoms with Crippen molar-refractivity contribution < 1.29 is 0 Å². The van der Waals surface area contributed by atoms with Crippen LogP contribution in [0.4, 0.5) is 0 Å². The molecule has 3 heteroatoms. The monoisotopic (exact) mass is 514 g/mol. The SMILES string of the molecule is CC(C)[Si](C#CC(C#Cc1cccc2ccccc12)=C(Br)Br)(C(C)C)C(C)C. The molecule has 0 atom stereocenters. The summed E-state index contributed by atoms with van der Waals surface area (Å²) < 4.78 is 0.819. The predicted octanol–water partition coefficient (Wildman–Crippen LogP) is 8.41. The summed E-state index contributed by atoms with van der Waals surface area (Å²) in [6, 6.07) is 14.6. The van der Waals surface area contributed by atoms with Gasteiger partial charge in [-0.1, -0.05) is 95.7 Å². The topological polar surface area (TPSA) is 0 Å². The first-order chi connectivity index (χ1) is 13.2. The third-order valence-corrected chi connectivity index (χ3v) is 12.7. The maximum absolute atomic E-state index is 3.75. The van der Waals surface area contributed by atoms with Crippen molar-refractivity contribution in [2.24, 2.45) is 0 Å². The van der Waals surface area contributed by atoms with Crippen LogP contribution in [0.25, 0.3) is 10.8 Å². The molecule has 0 saturated carbocycles. The number of fused-ring (bicyclic) bond motifs is 1. The maximum Gasteiger partial charge on any atom is 0.146 e. The average molecular weight is 516 g/mol. The van der Waals surface area contributed by atoms with Crippen LogP contribution in [-0.2, 0) is 0 Å². The average Bonchev–Trinajstić information content (AvgIpc) is 2.63. The number of hydrogen-bond donors (Lipinski definition) is 0. The molecule has 2 aromatic carbocycles. The summed E-state index contributed by atoms with van der Waals surface area (Å²) in [4.78, 5) is 0. The van der Waals surface area contributed by atoms with E-state index in [0.29, 0.717) is 16.6 Å². The summed E-state index contributed by atoms with van der Waals surface area (Å²) in [5, 5.41) is 2.38. The molecule has 0 N–H and O–H groups in total. The van der Waals surface area contributed by atoms with Gasteiger partial charge in [-0.3, -0.25) is 0 Å². The van der Waals surface area contributed by atoms with Crippen LogP contribution in [0.2, 0.25) is 16.6 Å². The Morgan fingerprint density at radius 2 is 1.36 bits per heavy atom. The highest BCUT2D eigenvalue weighted by molar-refractivity contribution is 9.28. The molecule has 0 nitrogen and oxygen atoms in total. The van der Waals surface area contributed by atoms with Crippen LogP contribution in [0, 0.1) is 23.3 Å². The third-order valence-electron chi connectivity index (χ3n) is 5.57. The minimum absolute atomic E-state index is 0.598. The van der Waals surface area contributed by atoms with Gasteiger partial charge < -0.3 is 0 Å². The highest BCUT2D eigenvalue weighted by atomic mass is 79.9. The molecule has 146 valence electrons. The highest BCUT2D eigenvalue weighted by Gasteiger charge is 2.41. The number of rotatable bonds is 3. The van der Waals surface area contributed by atoms with E-state index in [-0.39, 0.29) is 0 Å². The van der Waals surface area contributed by atoms with Crippen molar-refractivity contribution in [1.82, 2.24) is 0 Å². The Balaban J connectivity index is 2.52. The van der Waals surface area contributed by atoms with Gasteiger partial charge in [0.15, 0.2) is 0 Å². The number of allylic oxidation sites excluding steroid dienone is 1. The van der Waals surface area contributed by atoms with Crippen molar-refractivity contribution in [2.45, 2.75) is 58.2 Å². The summed E-state index contributed by atoms with van der Waals surface area (Å²) >= 11 is 7.10. The molecule has 2 rings (SSSR count). The van der Waals surface area contributed by atoms with E-state index >= 15 is 0 Å². The molecule has 0 radical (unpaired) electrons. The zero-order valence-corrected chi connectivity index (χ0v) is 21.7. The normalized spacial score (nSPS) is 11.2. The smallest absolute Gasteiger partial charge is 0.124 e. The van der Waals surface area contributed by atoms with E-state index in [9.17, 15) is 0 Å². The Kier molecular flexibility index (Phi) is 8.20. The van der Waals surface area contributed by atoms with Crippen molar-refractivity contribution in [3.8, 4) is 23.3 Å². The minimum Gasteiger partial charge on any atom is -0.124 e. The summed E-state index contributed by atoms with van der Waals surface area (Å²) in [6.07, 6.45) is 0. The molecule has 0 fully saturated rings. The fourth-order valence-electron chi connectivity index (χ4n) is 4.19. The van der Waals surface area contributed by atoms with Crippen LogP contribution in [0.15, 0.2) is 51.4 Å². The van der Waals surface area contributed by atoms with E-state index in [1.54, 1.807) is 0 Å². The molecule has 0 aromatic heterocycles. The molecule has 0 bridgehead atoms. The molecule has 0 saturated heterocycles. The van der Waals surface area contributed by atoms with Crippen LogP contribution in [-0.4, -0.2) is 8.07 Å². The van der Waals surface area contributed by atoms with Crippen LogP contribution in [0.3, 0.4) is 0 Å². The second-order valence-corrected chi connectivity index (χ2v) is 16.3. The lowest BCUT2D eigenvalue weighted by Crippen LogP contribution is -2.43.